The number of aromatic nitrogens is 5. The Morgan fingerprint density at radius 2 is 1.88 bits per heavy atom. The van der Waals surface area contributed by atoms with Gasteiger partial charge >= 0.3 is 0 Å². The summed E-state index contributed by atoms with van der Waals surface area (Å²) in [6.45, 7) is 0. The molecule has 3 rings (SSSR count). The van der Waals surface area contributed by atoms with Crippen molar-refractivity contribution in [3.63, 3.8) is 0 Å². The summed E-state index contributed by atoms with van der Waals surface area (Å²) >= 11 is 0. The van der Waals surface area contributed by atoms with Crippen molar-refractivity contribution in [2.75, 3.05) is 5.73 Å². The third-order valence-corrected chi connectivity index (χ3v) is 2.42. The standard InChI is InChI=1S/C11H10N6/c12-8-6-13-15-9(8)11-14-10(16-17-11)7-4-2-1-3-5-7/h1-6H,12H2,(H,13,15)(H,14,16,17). The minimum Gasteiger partial charge on any atom is -0.396 e. The van der Waals surface area contributed by atoms with Crippen LogP contribution in [0.5, 0.6) is 0 Å². The first-order chi connectivity index (χ1) is 8.34. The van der Waals surface area contributed by atoms with Crippen LogP contribution in [-0.2, 0) is 0 Å². The Bertz CT molecular complexity index is 624. The first-order valence-electron chi connectivity index (χ1n) is 5.11. The Morgan fingerprint density at radius 1 is 1.06 bits per heavy atom. The number of nitrogens with zero attached hydrogens (tertiary/aromatic N) is 3. The van der Waals surface area contributed by atoms with Gasteiger partial charge in [0, 0.05) is 5.56 Å². The van der Waals surface area contributed by atoms with Gasteiger partial charge in [0.2, 0.25) is 0 Å². The van der Waals surface area contributed by atoms with Gasteiger partial charge in [-0.25, -0.2) is 4.98 Å². The highest BCUT2D eigenvalue weighted by Crippen LogP contribution is 2.21. The molecule has 0 aliphatic rings. The molecule has 0 aliphatic carbocycles. The van der Waals surface area contributed by atoms with Crippen molar-refractivity contribution >= 4 is 5.69 Å². The molecule has 0 atom stereocenters. The molecule has 0 saturated carbocycles. The van der Waals surface area contributed by atoms with Crippen LogP contribution in [0.2, 0.25) is 0 Å². The maximum atomic E-state index is 5.74. The zero-order chi connectivity index (χ0) is 11.7. The molecule has 84 valence electrons. The molecule has 4 N–H and O–H groups in total. The molecule has 2 aromatic heterocycles. The van der Waals surface area contributed by atoms with Gasteiger partial charge in [-0.05, 0) is 0 Å². The van der Waals surface area contributed by atoms with E-state index in [4.69, 9.17) is 5.73 Å². The normalized spacial score (nSPS) is 10.6. The largest absolute Gasteiger partial charge is 0.396 e. The number of rotatable bonds is 2. The number of hydrogen-bond acceptors (Lipinski definition) is 4. The van der Waals surface area contributed by atoms with Crippen LogP contribution in [0.4, 0.5) is 5.69 Å². The lowest BCUT2D eigenvalue weighted by atomic mass is 10.2. The molecule has 6 heteroatoms. The number of benzene rings is 1. The molecule has 2 heterocycles. The highest BCUT2D eigenvalue weighted by Gasteiger charge is 2.11. The van der Waals surface area contributed by atoms with E-state index in [9.17, 15) is 0 Å². The number of aromatic amines is 2. The number of H-pyrrole nitrogens is 2. The van der Waals surface area contributed by atoms with Gasteiger partial charge < -0.3 is 5.73 Å². The highest BCUT2D eigenvalue weighted by atomic mass is 15.2. The predicted octanol–water partition coefficient (Wildman–Crippen LogP) is 1.44. The van der Waals surface area contributed by atoms with Gasteiger partial charge in [0.05, 0.1) is 11.9 Å². The number of nitrogens with two attached hydrogens (primary N) is 1. The molecule has 0 unspecified atom stereocenters. The number of nitrogen functional groups attached to an aromatic ring is 1. The minimum absolute atomic E-state index is 0.542. The summed E-state index contributed by atoms with van der Waals surface area (Å²) in [5.41, 5.74) is 7.89. The lowest BCUT2D eigenvalue weighted by molar-refractivity contribution is 1.06. The third-order valence-electron chi connectivity index (χ3n) is 2.42. The van der Waals surface area contributed by atoms with Gasteiger partial charge in [-0.2, -0.15) is 10.2 Å². The van der Waals surface area contributed by atoms with Crippen molar-refractivity contribution in [2.24, 2.45) is 0 Å². The van der Waals surface area contributed by atoms with E-state index < -0.39 is 0 Å². The molecule has 6 nitrogen and oxygen atoms in total. The van der Waals surface area contributed by atoms with Crippen LogP contribution in [-0.4, -0.2) is 25.4 Å². The molecule has 0 bridgehead atoms. The molecule has 0 spiro atoms. The Balaban J connectivity index is 2.02. The van der Waals surface area contributed by atoms with Gasteiger partial charge in [0.15, 0.2) is 11.6 Å². The first kappa shape index (κ1) is 9.59. The number of anilines is 1. The zero-order valence-electron chi connectivity index (χ0n) is 8.88. The minimum atomic E-state index is 0.542. The van der Waals surface area contributed by atoms with Gasteiger partial charge in [0.1, 0.15) is 5.69 Å². The summed E-state index contributed by atoms with van der Waals surface area (Å²) in [6.07, 6.45) is 1.54. The van der Waals surface area contributed by atoms with E-state index in [1.807, 2.05) is 30.3 Å². The van der Waals surface area contributed by atoms with Crippen molar-refractivity contribution < 1.29 is 0 Å². The molecule has 1 aromatic carbocycles. The van der Waals surface area contributed by atoms with E-state index in [1.54, 1.807) is 6.20 Å². The molecule has 0 amide bonds. The van der Waals surface area contributed by atoms with E-state index in [2.05, 4.69) is 25.4 Å². The van der Waals surface area contributed by atoms with Crippen molar-refractivity contribution in [2.45, 2.75) is 0 Å². The molecular weight excluding hydrogens is 216 g/mol. The van der Waals surface area contributed by atoms with E-state index in [0.29, 0.717) is 23.0 Å². The van der Waals surface area contributed by atoms with Crippen LogP contribution in [0.1, 0.15) is 0 Å². The van der Waals surface area contributed by atoms with E-state index >= 15 is 0 Å². The summed E-state index contributed by atoms with van der Waals surface area (Å²) in [5, 5.41) is 13.6. The van der Waals surface area contributed by atoms with Crippen molar-refractivity contribution in [3.8, 4) is 22.9 Å². The second-order valence-corrected chi connectivity index (χ2v) is 3.57. The Hall–Kier alpha value is -2.63. The van der Waals surface area contributed by atoms with E-state index in [-0.39, 0.29) is 0 Å². The molecule has 0 aliphatic heterocycles. The topological polar surface area (TPSA) is 96.3 Å². The molecule has 0 radical (unpaired) electrons. The van der Waals surface area contributed by atoms with Crippen LogP contribution in [0.15, 0.2) is 36.5 Å². The fraction of sp³-hybridized carbons (Fsp3) is 0. The maximum Gasteiger partial charge on any atom is 0.181 e. The summed E-state index contributed by atoms with van der Waals surface area (Å²) in [7, 11) is 0. The highest BCUT2D eigenvalue weighted by molar-refractivity contribution is 5.67. The lowest BCUT2D eigenvalue weighted by Crippen LogP contribution is -1.88. The lowest BCUT2D eigenvalue weighted by Gasteiger charge is -1.92. The average molecular weight is 226 g/mol. The average Bonchev–Trinajstić information content (AvgIpc) is 2.98. The molecule has 0 fully saturated rings. The van der Waals surface area contributed by atoms with Crippen LogP contribution < -0.4 is 5.73 Å². The molecule has 0 saturated heterocycles. The van der Waals surface area contributed by atoms with E-state index in [0.717, 1.165) is 5.56 Å². The smallest absolute Gasteiger partial charge is 0.181 e. The fourth-order valence-corrected chi connectivity index (χ4v) is 1.58. The SMILES string of the molecule is Nc1cn[nH]c1-c1nc(-c2ccccc2)n[nH]1. The monoisotopic (exact) mass is 226 g/mol. The summed E-state index contributed by atoms with van der Waals surface area (Å²) in [4.78, 5) is 4.37. The molecule has 3 aromatic rings. The zero-order valence-corrected chi connectivity index (χ0v) is 8.88. The first-order valence-corrected chi connectivity index (χ1v) is 5.11. The Morgan fingerprint density at radius 3 is 2.59 bits per heavy atom. The van der Waals surface area contributed by atoms with Gasteiger partial charge in [-0.1, -0.05) is 30.3 Å². The summed E-state index contributed by atoms with van der Waals surface area (Å²) < 4.78 is 0. The number of nitrogens with one attached hydrogen (secondary N) is 2. The Kier molecular flexibility index (Phi) is 2.11. The molecular formula is C11H10N6. The summed E-state index contributed by atoms with van der Waals surface area (Å²) in [6, 6.07) is 9.72. The van der Waals surface area contributed by atoms with Crippen LogP contribution in [0.3, 0.4) is 0 Å². The van der Waals surface area contributed by atoms with Crippen molar-refractivity contribution in [3.05, 3.63) is 36.5 Å². The van der Waals surface area contributed by atoms with E-state index in [1.165, 1.54) is 0 Å². The maximum absolute atomic E-state index is 5.74. The van der Waals surface area contributed by atoms with Crippen molar-refractivity contribution in [1.82, 2.24) is 25.4 Å². The van der Waals surface area contributed by atoms with Crippen molar-refractivity contribution in [1.29, 1.82) is 0 Å². The fourth-order valence-electron chi connectivity index (χ4n) is 1.58. The second kappa shape index (κ2) is 3.75. The summed E-state index contributed by atoms with van der Waals surface area (Å²) in [5.74, 6) is 1.22. The second-order valence-electron chi connectivity index (χ2n) is 3.57. The third kappa shape index (κ3) is 1.65. The quantitative estimate of drug-likeness (QED) is 0.616. The van der Waals surface area contributed by atoms with Gasteiger partial charge in [0.25, 0.3) is 0 Å². The van der Waals surface area contributed by atoms with Crippen LogP contribution in [0, 0.1) is 0 Å². The molecule has 17 heavy (non-hydrogen) atoms. The van der Waals surface area contributed by atoms with Gasteiger partial charge in [-0.15, -0.1) is 0 Å². The Labute approximate surface area is 96.9 Å². The van der Waals surface area contributed by atoms with Gasteiger partial charge in [-0.3, -0.25) is 10.2 Å². The predicted molar refractivity (Wildman–Crippen MR) is 63.8 cm³/mol. The van der Waals surface area contributed by atoms with Crippen LogP contribution in [0.25, 0.3) is 22.9 Å². The van der Waals surface area contributed by atoms with Crippen LogP contribution >= 0.6 is 0 Å². The number of hydrogen-bond donors (Lipinski definition) is 3.